The molecule has 0 unspecified atom stereocenters. The van der Waals surface area contributed by atoms with E-state index in [-0.39, 0.29) is 25.0 Å². The topological polar surface area (TPSA) is 138 Å². The molecule has 2 saturated heterocycles. The number of carbonyl (C=O) groups is 2. The number of hydrogen-bond donors (Lipinski definition) is 2. The van der Waals surface area contributed by atoms with Gasteiger partial charge in [0.15, 0.2) is 12.0 Å². The Morgan fingerprint density at radius 1 is 1.19 bits per heavy atom. The molecule has 0 aromatic carbocycles. The van der Waals surface area contributed by atoms with Gasteiger partial charge in [-0.15, -0.1) is 0 Å². The average Bonchev–Trinajstić information content (AvgIpc) is 3.24. The molecule has 176 valence electrons. The average molecular weight is 451 g/mol. The maximum atomic E-state index is 12.2. The highest BCUT2D eigenvalue weighted by molar-refractivity contribution is 5.83. The number of nitrogens with zero attached hydrogens (tertiary/aromatic N) is 1. The number of ether oxygens (including phenoxy) is 4. The molecule has 3 aliphatic rings. The van der Waals surface area contributed by atoms with Gasteiger partial charge in [0.1, 0.15) is 31.5 Å². The molecule has 0 spiro atoms. The lowest BCUT2D eigenvalue weighted by Gasteiger charge is -2.24. The summed E-state index contributed by atoms with van der Waals surface area (Å²) in [6, 6.07) is 1.21. The van der Waals surface area contributed by atoms with Crippen molar-refractivity contribution in [1.82, 2.24) is 14.9 Å². The fourth-order valence-electron chi connectivity index (χ4n) is 4.54. The summed E-state index contributed by atoms with van der Waals surface area (Å²) < 4.78 is 24.3. The van der Waals surface area contributed by atoms with Crippen molar-refractivity contribution in [2.24, 2.45) is 5.92 Å². The molecule has 0 radical (unpaired) electrons. The Labute approximate surface area is 184 Å². The highest BCUT2D eigenvalue weighted by Crippen LogP contribution is 2.42. The van der Waals surface area contributed by atoms with E-state index in [9.17, 15) is 19.2 Å². The summed E-state index contributed by atoms with van der Waals surface area (Å²) in [5.74, 6) is -1.67. The lowest BCUT2D eigenvalue weighted by Crippen LogP contribution is -2.38. The van der Waals surface area contributed by atoms with Gasteiger partial charge < -0.3 is 24.3 Å². The zero-order chi connectivity index (χ0) is 22.9. The fourth-order valence-corrected chi connectivity index (χ4v) is 4.54. The Hall–Kier alpha value is -2.50. The van der Waals surface area contributed by atoms with Crippen LogP contribution in [0.5, 0.6) is 0 Å². The van der Waals surface area contributed by atoms with Gasteiger partial charge in [-0.3, -0.25) is 23.9 Å². The van der Waals surface area contributed by atoms with E-state index in [1.165, 1.54) is 16.8 Å². The van der Waals surface area contributed by atoms with Crippen molar-refractivity contribution >= 4 is 11.9 Å². The van der Waals surface area contributed by atoms with E-state index in [1.54, 1.807) is 13.8 Å². The van der Waals surface area contributed by atoms with Crippen molar-refractivity contribution in [3.63, 3.8) is 0 Å². The highest BCUT2D eigenvalue weighted by Gasteiger charge is 2.56. The van der Waals surface area contributed by atoms with Crippen LogP contribution in [0.15, 0.2) is 21.9 Å². The summed E-state index contributed by atoms with van der Waals surface area (Å²) in [7, 11) is 0. The zero-order valence-corrected chi connectivity index (χ0v) is 18.2. The van der Waals surface area contributed by atoms with Gasteiger partial charge in [0, 0.05) is 18.2 Å². The van der Waals surface area contributed by atoms with Crippen LogP contribution >= 0.6 is 0 Å². The van der Waals surface area contributed by atoms with Crippen LogP contribution in [0.3, 0.4) is 0 Å². The van der Waals surface area contributed by atoms with Gasteiger partial charge >= 0.3 is 11.7 Å². The van der Waals surface area contributed by atoms with Crippen LogP contribution in [0.4, 0.5) is 0 Å². The first-order valence-electron chi connectivity index (χ1n) is 11.0. The van der Waals surface area contributed by atoms with Gasteiger partial charge in [0.25, 0.3) is 5.56 Å². The number of nitrogens with one attached hydrogen (secondary N) is 2. The van der Waals surface area contributed by atoms with E-state index in [4.69, 9.17) is 18.9 Å². The summed E-state index contributed by atoms with van der Waals surface area (Å²) >= 11 is 0. The summed E-state index contributed by atoms with van der Waals surface area (Å²) in [5.41, 5.74) is -1.16. The number of hydrogen-bond acceptors (Lipinski definition) is 8. The van der Waals surface area contributed by atoms with Crippen molar-refractivity contribution in [3.8, 4) is 0 Å². The molecular weight excluding hydrogens is 422 g/mol. The summed E-state index contributed by atoms with van der Waals surface area (Å²) in [6.07, 6.45) is 3.45. The van der Waals surface area contributed by atoms with Crippen LogP contribution in [0, 0.1) is 5.92 Å². The van der Waals surface area contributed by atoms with Gasteiger partial charge in [-0.2, -0.15) is 0 Å². The van der Waals surface area contributed by atoms with E-state index in [2.05, 4.69) is 10.3 Å². The molecule has 2 aliphatic heterocycles. The van der Waals surface area contributed by atoms with E-state index in [0.29, 0.717) is 0 Å². The molecule has 4 rings (SSSR count). The van der Waals surface area contributed by atoms with Crippen LogP contribution in [0.2, 0.25) is 0 Å². The molecule has 1 saturated carbocycles. The minimum absolute atomic E-state index is 0.0434. The first-order chi connectivity index (χ1) is 15.2. The third-order valence-corrected chi connectivity index (χ3v) is 6.04. The standard InChI is InChI=1S/C21H29N3O8/c1-21(2)31-16-13(11-29-15(26)10-22-18(27)12-6-4-3-5-7-12)30-19(17(16)32-21)24-9-8-14(25)23-20(24)28/h8-9,12-13,16-17,19H,3-7,10-11H2,1-2H3,(H,22,27)(H,23,25,28)/t13-,16-,17-,19-/m1/s1. The van der Waals surface area contributed by atoms with Gasteiger partial charge in [-0.05, 0) is 26.7 Å². The molecule has 11 nitrogen and oxygen atoms in total. The number of H-pyrrole nitrogens is 1. The first kappa shape index (κ1) is 22.7. The van der Waals surface area contributed by atoms with Gasteiger partial charge in [-0.1, -0.05) is 19.3 Å². The second kappa shape index (κ2) is 9.16. The lowest BCUT2D eigenvalue weighted by atomic mass is 9.89. The molecule has 0 bridgehead atoms. The van der Waals surface area contributed by atoms with Crippen LogP contribution < -0.4 is 16.6 Å². The van der Waals surface area contributed by atoms with Crippen molar-refractivity contribution in [2.45, 2.75) is 76.3 Å². The SMILES string of the molecule is CC1(C)O[C@@H]2[C@H](O1)[C@@H](COC(=O)CNC(=O)C1CCCCC1)O[C@H]2n1ccc(=O)[nH]c1=O. The number of carbonyl (C=O) groups excluding carboxylic acids is 2. The molecule has 3 heterocycles. The summed E-state index contributed by atoms with van der Waals surface area (Å²) in [4.78, 5) is 50.2. The second-order valence-corrected chi connectivity index (χ2v) is 8.88. The third kappa shape index (κ3) is 4.94. The molecule has 3 fully saturated rings. The molecule has 1 amide bonds. The van der Waals surface area contributed by atoms with Crippen LogP contribution in [-0.2, 0) is 28.5 Å². The summed E-state index contributed by atoms with van der Waals surface area (Å²) in [5, 5.41) is 2.64. The largest absolute Gasteiger partial charge is 0.461 e. The number of fused-ring (bicyclic) bond motifs is 1. The first-order valence-corrected chi connectivity index (χ1v) is 11.0. The van der Waals surface area contributed by atoms with Crippen LogP contribution in [0.25, 0.3) is 0 Å². The Bertz CT molecular complexity index is 964. The Morgan fingerprint density at radius 3 is 2.62 bits per heavy atom. The number of esters is 1. The van der Waals surface area contributed by atoms with Gasteiger partial charge in [-0.25, -0.2) is 4.79 Å². The zero-order valence-electron chi connectivity index (χ0n) is 18.2. The maximum Gasteiger partial charge on any atom is 0.330 e. The quantitative estimate of drug-likeness (QED) is 0.585. The van der Waals surface area contributed by atoms with Crippen molar-refractivity contribution < 1.29 is 28.5 Å². The molecule has 32 heavy (non-hydrogen) atoms. The third-order valence-electron chi connectivity index (χ3n) is 6.04. The highest BCUT2D eigenvalue weighted by atomic mass is 16.8. The minimum Gasteiger partial charge on any atom is -0.461 e. The lowest BCUT2D eigenvalue weighted by molar-refractivity contribution is -0.203. The van der Waals surface area contributed by atoms with Gasteiger partial charge in [0.2, 0.25) is 5.91 Å². The van der Waals surface area contributed by atoms with Crippen molar-refractivity contribution in [3.05, 3.63) is 33.1 Å². The van der Waals surface area contributed by atoms with Crippen LogP contribution in [-0.4, -0.2) is 58.7 Å². The number of aromatic nitrogens is 2. The maximum absolute atomic E-state index is 12.2. The van der Waals surface area contributed by atoms with E-state index in [0.717, 1.165) is 32.1 Å². The Morgan fingerprint density at radius 2 is 1.91 bits per heavy atom. The second-order valence-electron chi connectivity index (χ2n) is 8.88. The Balaban J connectivity index is 1.35. The molecular formula is C21H29N3O8. The summed E-state index contributed by atoms with van der Waals surface area (Å²) in [6.45, 7) is 3.12. The molecule has 2 N–H and O–H groups in total. The minimum atomic E-state index is -0.917. The molecule has 1 aromatic rings. The normalized spacial score (nSPS) is 29.4. The number of aromatic amines is 1. The van der Waals surface area contributed by atoms with Crippen molar-refractivity contribution in [1.29, 1.82) is 0 Å². The molecule has 11 heteroatoms. The van der Waals surface area contributed by atoms with Gasteiger partial charge in [0.05, 0.1) is 0 Å². The predicted octanol–water partition coefficient (Wildman–Crippen LogP) is 0.194. The van der Waals surface area contributed by atoms with E-state index >= 15 is 0 Å². The van der Waals surface area contributed by atoms with E-state index in [1.807, 2.05) is 0 Å². The molecule has 4 atom stereocenters. The number of rotatable bonds is 6. The number of amides is 1. The fraction of sp³-hybridized carbons (Fsp3) is 0.714. The van der Waals surface area contributed by atoms with Crippen LogP contribution in [0.1, 0.15) is 52.2 Å². The van der Waals surface area contributed by atoms with Crippen molar-refractivity contribution in [2.75, 3.05) is 13.2 Å². The molecule has 1 aromatic heterocycles. The molecule has 1 aliphatic carbocycles. The smallest absolute Gasteiger partial charge is 0.330 e. The monoisotopic (exact) mass is 451 g/mol. The van der Waals surface area contributed by atoms with E-state index < -0.39 is 47.5 Å². The Kier molecular flexibility index (Phi) is 6.50. The predicted molar refractivity (Wildman–Crippen MR) is 110 cm³/mol.